The van der Waals surface area contributed by atoms with Gasteiger partial charge in [0.15, 0.2) is 0 Å². The molecule has 0 atom stereocenters. The van der Waals surface area contributed by atoms with Crippen LogP contribution in [0.2, 0.25) is 0 Å². The Morgan fingerprint density at radius 3 is 2.29 bits per heavy atom. The van der Waals surface area contributed by atoms with Crippen LogP contribution in [-0.4, -0.2) is 37.0 Å². The standard InChI is InChI=1S/C14H26N2O/c1-15-12-6-8-13(9-7-12)16(2)14(17)10-11-4-3-5-11/h11-13,15H,3-10H2,1-2H3. The molecule has 2 fully saturated rings. The van der Waals surface area contributed by atoms with Gasteiger partial charge in [0, 0.05) is 25.6 Å². The minimum Gasteiger partial charge on any atom is -0.343 e. The number of carbonyl (C=O) groups excluding carboxylic acids is 1. The van der Waals surface area contributed by atoms with Crippen molar-refractivity contribution < 1.29 is 4.79 Å². The minimum absolute atomic E-state index is 0.377. The normalized spacial score (nSPS) is 29.8. The Labute approximate surface area is 105 Å². The Bertz CT molecular complexity index is 255. The number of rotatable bonds is 4. The van der Waals surface area contributed by atoms with Gasteiger partial charge in [0.2, 0.25) is 5.91 Å². The van der Waals surface area contributed by atoms with Crippen LogP contribution in [0, 0.1) is 5.92 Å². The van der Waals surface area contributed by atoms with E-state index >= 15 is 0 Å². The average Bonchev–Trinajstić information content (AvgIpc) is 2.32. The largest absolute Gasteiger partial charge is 0.343 e. The zero-order valence-electron chi connectivity index (χ0n) is 11.2. The number of carbonyl (C=O) groups is 1. The maximum Gasteiger partial charge on any atom is 0.222 e. The molecule has 0 spiro atoms. The molecule has 1 amide bonds. The molecule has 0 aromatic carbocycles. The Kier molecular flexibility index (Phi) is 4.43. The van der Waals surface area contributed by atoms with E-state index in [2.05, 4.69) is 5.32 Å². The van der Waals surface area contributed by atoms with Crippen molar-refractivity contribution in [2.75, 3.05) is 14.1 Å². The van der Waals surface area contributed by atoms with Crippen LogP contribution >= 0.6 is 0 Å². The van der Waals surface area contributed by atoms with Crippen LogP contribution in [0.3, 0.4) is 0 Å². The third-order valence-electron chi connectivity index (χ3n) is 4.73. The van der Waals surface area contributed by atoms with Crippen LogP contribution in [0.15, 0.2) is 0 Å². The summed E-state index contributed by atoms with van der Waals surface area (Å²) in [6.45, 7) is 0. The van der Waals surface area contributed by atoms with E-state index in [4.69, 9.17) is 0 Å². The summed E-state index contributed by atoms with van der Waals surface area (Å²) in [4.78, 5) is 14.1. The van der Waals surface area contributed by atoms with Crippen LogP contribution in [0.5, 0.6) is 0 Å². The first-order chi connectivity index (χ1) is 8.20. The lowest BCUT2D eigenvalue weighted by Crippen LogP contribution is -2.43. The van der Waals surface area contributed by atoms with Gasteiger partial charge in [0.1, 0.15) is 0 Å². The molecule has 0 radical (unpaired) electrons. The summed E-state index contributed by atoms with van der Waals surface area (Å²) < 4.78 is 0. The van der Waals surface area contributed by atoms with Gasteiger partial charge in [-0.1, -0.05) is 6.42 Å². The van der Waals surface area contributed by atoms with E-state index in [1.165, 1.54) is 44.9 Å². The highest BCUT2D eigenvalue weighted by Crippen LogP contribution is 2.31. The number of nitrogens with zero attached hydrogens (tertiary/aromatic N) is 1. The molecule has 0 aliphatic heterocycles. The smallest absolute Gasteiger partial charge is 0.222 e. The number of nitrogens with one attached hydrogen (secondary N) is 1. The molecule has 98 valence electrons. The molecule has 0 saturated heterocycles. The monoisotopic (exact) mass is 238 g/mol. The molecular weight excluding hydrogens is 212 g/mol. The summed E-state index contributed by atoms with van der Waals surface area (Å²) in [5.74, 6) is 1.07. The molecule has 2 aliphatic rings. The third kappa shape index (κ3) is 3.21. The van der Waals surface area contributed by atoms with E-state index in [-0.39, 0.29) is 0 Å². The maximum atomic E-state index is 12.1. The second-order valence-electron chi connectivity index (χ2n) is 5.80. The zero-order chi connectivity index (χ0) is 12.3. The van der Waals surface area contributed by atoms with Gasteiger partial charge in [-0.05, 0) is 51.5 Å². The van der Waals surface area contributed by atoms with Crippen LogP contribution in [0.25, 0.3) is 0 Å². The van der Waals surface area contributed by atoms with E-state index in [1.807, 2.05) is 19.0 Å². The van der Waals surface area contributed by atoms with Crippen molar-refractivity contribution in [2.45, 2.75) is 63.5 Å². The maximum absolute atomic E-state index is 12.1. The quantitative estimate of drug-likeness (QED) is 0.814. The van der Waals surface area contributed by atoms with Gasteiger partial charge in [0.05, 0.1) is 0 Å². The third-order valence-corrected chi connectivity index (χ3v) is 4.73. The second-order valence-corrected chi connectivity index (χ2v) is 5.80. The number of amides is 1. The van der Waals surface area contributed by atoms with Crippen molar-refractivity contribution in [1.82, 2.24) is 10.2 Å². The van der Waals surface area contributed by atoms with E-state index in [0.29, 0.717) is 23.9 Å². The highest BCUT2D eigenvalue weighted by atomic mass is 16.2. The first kappa shape index (κ1) is 12.9. The van der Waals surface area contributed by atoms with Crippen molar-refractivity contribution >= 4 is 5.91 Å². The lowest BCUT2D eigenvalue weighted by molar-refractivity contribution is -0.134. The van der Waals surface area contributed by atoms with Crippen molar-refractivity contribution in [1.29, 1.82) is 0 Å². The molecule has 0 unspecified atom stereocenters. The van der Waals surface area contributed by atoms with Gasteiger partial charge in [0.25, 0.3) is 0 Å². The summed E-state index contributed by atoms with van der Waals surface area (Å²) in [6, 6.07) is 1.16. The molecule has 2 aliphatic carbocycles. The van der Waals surface area contributed by atoms with Crippen molar-refractivity contribution in [3.05, 3.63) is 0 Å². The molecule has 3 heteroatoms. The van der Waals surface area contributed by atoms with Crippen LogP contribution < -0.4 is 5.32 Å². The summed E-state index contributed by atoms with van der Waals surface area (Å²) in [7, 11) is 4.04. The van der Waals surface area contributed by atoms with Gasteiger partial charge in [-0.25, -0.2) is 0 Å². The van der Waals surface area contributed by atoms with Gasteiger partial charge >= 0.3 is 0 Å². The molecule has 0 heterocycles. The van der Waals surface area contributed by atoms with Crippen LogP contribution in [0.1, 0.15) is 51.4 Å². The molecular formula is C14H26N2O. The molecule has 0 aromatic heterocycles. The second kappa shape index (κ2) is 5.85. The highest BCUT2D eigenvalue weighted by Gasteiger charge is 2.28. The molecule has 1 N–H and O–H groups in total. The summed E-state index contributed by atoms with van der Waals surface area (Å²) in [6.07, 6.45) is 9.41. The van der Waals surface area contributed by atoms with E-state index < -0.39 is 0 Å². The lowest BCUT2D eigenvalue weighted by atomic mass is 9.82. The van der Waals surface area contributed by atoms with Crippen molar-refractivity contribution in [3.8, 4) is 0 Å². The first-order valence-corrected chi connectivity index (χ1v) is 7.13. The van der Waals surface area contributed by atoms with Crippen LogP contribution in [0.4, 0.5) is 0 Å². The van der Waals surface area contributed by atoms with Crippen molar-refractivity contribution in [2.24, 2.45) is 5.92 Å². The minimum atomic E-state index is 0.377. The molecule has 2 rings (SSSR count). The molecule has 0 aromatic rings. The van der Waals surface area contributed by atoms with Gasteiger partial charge in [-0.15, -0.1) is 0 Å². The topological polar surface area (TPSA) is 32.3 Å². The van der Waals surface area contributed by atoms with Gasteiger partial charge in [-0.2, -0.15) is 0 Å². The molecule has 17 heavy (non-hydrogen) atoms. The summed E-state index contributed by atoms with van der Waals surface area (Å²) in [5.41, 5.74) is 0. The van der Waals surface area contributed by atoms with Crippen molar-refractivity contribution in [3.63, 3.8) is 0 Å². The highest BCUT2D eigenvalue weighted by molar-refractivity contribution is 5.76. The summed E-state index contributed by atoms with van der Waals surface area (Å²) >= 11 is 0. The number of hydrogen-bond acceptors (Lipinski definition) is 2. The predicted octanol–water partition coefficient (Wildman–Crippen LogP) is 2.17. The van der Waals surface area contributed by atoms with E-state index in [9.17, 15) is 4.79 Å². The zero-order valence-corrected chi connectivity index (χ0v) is 11.2. The molecule has 2 saturated carbocycles. The SMILES string of the molecule is CNC1CCC(N(C)C(=O)CC2CCC2)CC1. The average molecular weight is 238 g/mol. The Balaban J connectivity index is 1.75. The fraction of sp³-hybridized carbons (Fsp3) is 0.929. The van der Waals surface area contributed by atoms with Crippen LogP contribution in [-0.2, 0) is 4.79 Å². The Morgan fingerprint density at radius 1 is 1.18 bits per heavy atom. The fourth-order valence-corrected chi connectivity index (χ4v) is 3.04. The first-order valence-electron chi connectivity index (χ1n) is 7.13. The van der Waals surface area contributed by atoms with E-state index in [1.54, 1.807) is 0 Å². The number of hydrogen-bond donors (Lipinski definition) is 1. The Morgan fingerprint density at radius 2 is 1.82 bits per heavy atom. The summed E-state index contributed by atoms with van der Waals surface area (Å²) in [5, 5.41) is 3.34. The molecule has 3 nitrogen and oxygen atoms in total. The lowest BCUT2D eigenvalue weighted by Gasteiger charge is -2.36. The predicted molar refractivity (Wildman–Crippen MR) is 69.8 cm³/mol. The molecule has 0 bridgehead atoms. The van der Waals surface area contributed by atoms with E-state index in [0.717, 1.165) is 6.42 Å². The Hall–Kier alpha value is -0.570. The van der Waals surface area contributed by atoms with Gasteiger partial charge < -0.3 is 10.2 Å². The van der Waals surface area contributed by atoms with Gasteiger partial charge in [-0.3, -0.25) is 4.79 Å². The fourth-order valence-electron chi connectivity index (χ4n) is 3.04.